The lowest BCUT2D eigenvalue weighted by molar-refractivity contribution is 0.669. The van der Waals surface area contributed by atoms with E-state index in [1.807, 2.05) is 36.4 Å². The Morgan fingerprint density at radius 2 is 0.486 bits per heavy atom. The zero-order valence-electron chi connectivity index (χ0n) is 81.1. The summed E-state index contributed by atoms with van der Waals surface area (Å²) < 4.78 is 19.4. The standard InChI is InChI=1S/C50H35NO.C50H33NO.C42H29NO/c1-3-11-38-31-40(21-19-34(38)9-1)36-23-27-43(28-24-36)51(44-29-25-37(26-30-44)41-22-20-35-10-2-4-12-39(35)32-41)45-14-7-13-42(33-45)46-16-8-17-48-47-15-5-6-18-49(47)52-50(46)48;1-2-13-34(14-3-1)42-31-32-48(45-21-7-6-20-44(42)45)51(38-29-27-36(28-30-38)41-23-11-16-35-15-4-5-19-40(35)41)39-18-10-17-37(33-39)43-24-12-25-47-46-22-8-9-26-49(46)52-50(43)47;1-3-12-30(13-4-1)32-24-26-35(27-25-32)43(36-18-9-16-33(28-36)31-14-5-2-6-15-31)37-19-10-17-34(29-37)38-21-11-22-40-39-20-7-8-23-41(39)44-42(38)40/h1-21,23-33,41H,22H2;1-33H;1-29H. The third-order valence-electron chi connectivity index (χ3n) is 29.1. The molecular weight excluding hydrogens is 1800 g/mol. The summed E-state index contributed by atoms with van der Waals surface area (Å²) in [5, 5.41) is 16.8. The van der Waals surface area contributed by atoms with Gasteiger partial charge < -0.3 is 28.0 Å². The molecular formula is C142H97N3O3. The van der Waals surface area contributed by atoms with Crippen LogP contribution < -0.4 is 25.1 Å². The first-order valence-electron chi connectivity index (χ1n) is 50.7. The van der Waals surface area contributed by atoms with Crippen LogP contribution in [0.3, 0.4) is 0 Å². The van der Waals surface area contributed by atoms with Gasteiger partial charge in [0.15, 0.2) is 0 Å². The van der Waals surface area contributed by atoms with Crippen molar-refractivity contribution in [3.63, 3.8) is 0 Å². The predicted octanol–water partition coefficient (Wildman–Crippen LogP) is 38.7. The first kappa shape index (κ1) is 88.7. The minimum atomic E-state index is 0.353. The molecule has 0 radical (unpaired) electrons. The molecule has 27 aromatic rings. The zero-order chi connectivity index (χ0) is 98.2. The van der Waals surface area contributed by atoms with Crippen LogP contribution in [0.5, 0.6) is 0 Å². The Morgan fingerprint density at radius 1 is 0.169 bits per heavy atom. The highest BCUT2D eigenvalue weighted by Crippen LogP contribution is 2.49. The van der Waals surface area contributed by atoms with Crippen molar-refractivity contribution in [1.29, 1.82) is 0 Å². The molecule has 0 aliphatic heterocycles. The number of para-hydroxylation sites is 6. The molecule has 6 nitrogen and oxygen atoms in total. The van der Waals surface area contributed by atoms with E-state index in [1.54, 1.807) is 0 Å². The summed E-state index contributed by atoms with van der Waals surface area (Å²) in [5.74, 6) is 0.353. The lowest BCUT2D eigenvalue weighted by Gasteiger charge is -2.28. The van der Waals surface area contributed by atoms with E-state index >= 15 is 0 Å². The fraction of sp³-hybridized carbons (Fsp3) is 0.0141. The van der Waals surface area contributed by atoms with E-state index in [0.717, 1.165) is 157 Å². The molecule has 28 rings (SSSR count). The molecule has 0 saturated heterocycles. The van der Waals surface area contributed by atoms with Gasteiger partial charge in [0, 0.05) is 106 Å². The van der Waals surface area contributed by atoms with Crippen LogP contribution in [0.1, 0.15) is 17.9 Å². The Morgan fingerprint density at radius 3 is 1.01 bits per heavy atom. The van der Waals surface area contributed by atoms with Crippen LogP contribution >= 0.6 is 0 Å². The maximum atomic E-state index is 6.49. The van der Waals surface area contributed by atoms with Crippen molar-refractivity contribution in [2.24, 2.45) is 0 Å². The van der Waals surface area contributed by atoms with Gasteiger partial charge in [-0.1, -0.05) is 443 Å². The van der Waals surface area contributed by atoms with Crippen molar-refractivity contribution in [1.82, 2.24) is 0 Å². The summed E-state index contributed by atoms with van der Waals surface area (Å²) in [4.78, 5) is 7.10. The van der Waals surface area contributed by atoms with Gasteiger partial charge in [0.25, 0.3) is 0 Å². The van der Waals surface area contributed by atoms with E-state index in [1.165, 1.54) is 104 Å². The highest BCUT2D eigenvalue weighted by molar-refractivity contribution is 6.14. The molecule has 24 aromatic carbocycles. The molecule has 0 saturated carbocycles. The monoisotopic (exact) mass is 1890 g/mol. The molecule has 0 fully saturated rings. The quantitative estimate of drug-likeness (QED) is 0.0853. The molecule has 0 bridgehead atoms. The highest BCUT2D eigenvalue weighted by atomic mass is 16.3. The van der Waals surface area contributed by atoms with Crippen molar-refractivity contribution in [3.05, 3.63) is 574 Å². The van der Waals surface area contributed by atoms with Crippen molar-refractivity contribution in [3.8, 4) is 89.0 Å². The molecule has 0 amide bonds. The normalized spacial score (nSPS) is 12.2. The van der Waals surface area contributed by atoms with E-state index in [2.05, 4.69) is 549 Å². The fourth-order valence-electron chi connectivity index (χ4n) is 21.8. The lowest BCUT2D eigenvalue weighted by atomic mass is 9.90. The summed E-state index contributed by atoms with van der Waals surface area (Å²) in [7, 11) is 0. The van der Waals surface area contributed by atoms with Gasteiger partial charge in [-0.25, -0.2) is 0 Å². The van der Waals surface area contributed by atoms with E-state index in [-0.39, 0.29) is 0 Å². The first-order chi connectivity index (χ1) is 73.4. The molecule has 1 unspecified atom stereocenters. The SMILES string of the molecule is C1=c2ccccc2=CC(c2ccc(N(c3ccc(-c4ccc5ccccc5c4)cc3)c3cccc(-c4cccc5c4oc4ccccc45)c3)cc2)C1.c1ccc(-c2ccc(N(c3ccc(-c4cccc5ccccc45)cc3)c3cccc(-c4cccc5c4oc4ccccc45)c3)c3ccccc23)cc1.c1ccc(-c2ccc(N(c3cccc(-c4ccccc4)c3)c3cccc(-c4cccc5c4oc4ccccc45)c3)cc2)cc1. The number of benzene rings is 24. The fourth-order valence-corrected chi connectivity index (χ4v) is 21.8. The number of nitrogens with zero attached hydrogens (tertiary/aromatic N) is 3. The molecule has 0 N–H and O–H groups in total. The Kier molecular flexibility index (Phi) is 23.5. The van der Waals surface area contributed by atoms with Crippen LogP contribution in [0.15, 0.2) is 571 Å². The highest BCUT2D eigenvalue weighted by Gasteiger charge is 2.25. The minimum Gasteiger partial charge on any atom is -0.455 e. The maximum absolute atomic E-state index is 6.49. The van der Waals surface area contributed by atoms with Gasteiger partial charge in [-0.2, -0.15) is 0 Å². The molecule has 1 aliphatic carbocycles. The number of hydrogen-bond acceptors (Lipinski definition) is 6. The second kappa shape index (κ2) is 39.1. The summed E-state index contributed by atoms with van der Waals surface area (Å²) in [6.07, 6.45) is 5.78. The van der Waals surface area contributed by atoms with Crippen molar-refractivity contribution < 1.29 is 13.3 Å². The number of fused-ring (bicyclic) bond motifs is 13. The third-order valence-corrected chi connectivity index (χ3v) is 29.1. The van der Waals surface area contributed by atoms with Crippen LogP contribution in [0.4, 0.5) is 51.2 Å². The molecule has 3 aromatic heterocycles. The average molecular weight is 1890 g/mol. The summed E-state index contributed by atoms with van der Waals surface area (Å²) in [6, 6.07) is 199. The van der Waals surface area contributed by atoms with Crippen molar-refractivity contribution in [2.45, 2.75) is 12.3 Å². The molecule has 148 heavy (non-hydrogen) atoms. The van der Waals surface area contributed by atoms with Gasteiger partial charge in [0.05, 0.1) is 5.69 Å². The lowest BCUT2D eigenvalue weighted by Crippen LogP contribution is -2.27. The van der Waals surface area contributed by atoms with Crippen LogP contribution in [-0.2, 0) is 0 Å². The third kappa shape index (κ3) is 17.2. The van der Waals surface area contributed by atoms with E-state index in [0.29, 0.717) is 5.92 Å². The Labute approximate surface area is 858 Å². The van der Waals surface area contributed by atoms with Crippen LogP contribution in [0.2, 0.25) is 0 Å². The molecule has 698 valence electrons. The summed E-state index contributed by atoms with van der Waals surface area (Å²) >= 11 is 0. The second-order valence-electron chi connectivity index (χ2n) is 38.0. The van der Waals surface area contributed by atoms with E-state index < -0.39 is 0 Å². The number of anilines is 9. The minimum absolute atomic E-state index is 0.353. The van der Waals surface area contributed by atoms with Gasteiger partial charge >= 0.3 is 0 Å². The predicted molar refractivity (Wildman–Crippen MR) is 623 cm³/mol. The smallest absolute Gasteiger partial charge is 0.143 e. The Balaban J connectivity index is 0.000000113. The Hall–Kier alpha value is -19.4. The molecule has 6 heteroatoms. The van der Waals surface area contributed by atoms with Crippen molar-refractivity contribution in [2.75, 3.05) is 14.7 Å². The van der Waals surface area contributed by atoms with Gasteiger partial charge in [0.2, 0.25) is 0 Å². The zero-order valence-corrected chi connectivity index (χ0v) is 81.1. The second-order valence-corrected chi connectivity index (χ2v) is 38.0. The first-order valence-corrected chi connectivity index (χ1v) is 50.7. The maximum Gasteiger partial charge on any atom is 0.143 e. The van der Waals surface area contributed by atoms with Crippen molar-refractivity contribution >= 4 is 161 Å². The van der Waals surface area contributed by atoms with E-state index in [9.17, 15) is 0 Å². The van der Waals surface area contributed by atoms with E-state index in [4.69, 9.17) is 13.3 Å². The largest absolute Gasteiger partial charge is 0.455 e. The Bertz CT molecular complexity index is 9770. The van der Waals surface area contributed by atoms with Gasteiger partial charge in [0.1, 0.15) is 33.5 Å². The average Bonchev–Trinajstić information content (AvgIpc) is 1.27. The van der Waals surface area contributed by atoms with Gasteiger partial charge in [-0.05, 0) is 249 Å². The van der Waals surface area contributed by atoms with Crippen LogP contribution in [0.25, 0.3) is 199 Å². The van der Waals surface area contributed by atoms with Gasteiger partial charge in [-0.3, -0.25) is 0 Å². The topological polar surface area (TPSA) is 49.1 Å². The van der Waals surface area contributed by atoms with Crippen LogP contribution in [0, 0.1) is 0 Å². The number of hydrogen-bond donors (Lipinski definition) is 0. The molecule has 0 spiro atoms. The van der Waals surface area contributed by atoms with Gasteiger partial charge in [-0.15, -0.1) is 0 Å². The summed E-state index contributed by atoms with van der Waals surface area (Å²) in [6.45, 7) is 0. The molecule has 1 aliphatic rings. The van der Waals surface area contributed by atoms with Crippen LogP contribution in [-0.4, -0.2) is 0 Å². The number of rotatable bonds is 18. The molecule has 1 atom stereocenters. The number of furan rings is 3. The molecule has 3 heterocycles. The summed E-state index contributed by atoms with van der Waals surface area (Å²) in [5.41, 5.74) is 35.2.